The van der Waals surface area contributed by atoms with Crippen LogP contribution in [0.4, 0.5) is 0 Å². The molecule has 0 bridgehead atoms. The van der Waals surface area contributed by atoms with Crippen molar-refractivity contribution < 1.29 is 19.0 Å². The number of nitrogens with one attached hydrogen (secondary N) is 1. The highest BCUT2D eigenvalue weighted by Crippen LogP contribution is 2.25. The smallest absolute Gasteiger partial charge is 0.255 e. The van der Waals surface area contributed by atoms with Gasteiger partial charge in [-0.15, -0.1) is 0 Å². The van der Waals surface area contributed by atoms with Crippen molar-refractivity contribution in [2.24, 2.45) is 0 Å². The van der Waals surface area contributed by atoms with Crippen LogP contribution in [0.25, 0.3) is 17.0 Å². The number of carbonyl (C=O) groups excluding carboxylic acids is 1. The maximum atomic E-state index is 12.6. The Kier molecular flexibility index (Phi) is 5.26. The van der Waals surface area contributed by atoms with Gasteiger partial charge in [0.1, 0.15) is 17.2 Å². The van der Waals surface area contributed by atoms with Crippen LogP contribution in [0.5, 0.6) is 17.2 Å². The van der Waals surface area contributed by atoms with Gasteiger partial charge < -0.3 is 19.2 Å². The molecule has 0 saturated heterocycles. The molecule has 3 rings (SSSR count). The molecule has 6 nitrogen and oxygen atoms in total. The third-order valence-corrected chi connectivity index (χ3v) is 4.17. The van der Waals surface area contributed by atoms with E-state index in [1.54, 1.807) is 43.5 Å². The molecule has 0 amide bonds. The monoisotopic (exact) mass is 365 g/mol. The molecule has 27 heavy (non-hydrogen) atoms. The first kappa shape index (κ1) is 18.3. The fraction of sp³-hybridized carbons (Fsp3) is 0.143. The highest BCUT2D eigenvalue weighted by atomic mass is 16.5. The summed E-state index contributed by atoms with van der Waals surface area (Å²) < 4.78 is 15.6. The summed E-state index contributed by atoms with van der Waals surface area (Å²) in [6.45, 7) is 0. The summed E-state index contributed by atoms with van der Waals surface area (Å²) in [5.74, 6) is 1.36. The predicted octanol–water partition coefficient (Wildman–Crippen LogP) is 3.45. The second-order valence-electron chi connectivity index (χ2n) is 5.77. The number of pyridine rings is 1. The second kappa shape index (κ2) is 7.78. The zero-order chi connectivity index (χ0) is 19.4. The molecule has 138 valence electrons. The van der Waals surface area contributed by atoms with Crippen LogP contribution in [0, 0.1) is 0 Å². The molecular formula is C21H19NO5. The summed E-state index contributed by atoms with van der Waals surface area (Å²) in [6, 6.07) is 12.0. The number of aromatic amines is 1. The van der Waals surface area contributed by atoms with Gasteiger partial charge in [-0.05, 0) is 54.6 Å². The van der Waals surface area contributed by atoms with Crippen LogP contribution in [-0.2, 0) is 0 Å². The molecule has 2 aromatic carbocycles. The van der Waals surface area contributed by atoms with Gasteiger partial charge in [0.05, 0.1) is 26.9 Å². The lowest BCUT2D eigenvalue weighted by molar-refractivity contribution is 0.104. The summed E-state index contributed by atoms with van der Waals surface area (Å²) >= 11 is 0. The largest absolute Gasteiger partial charge is 0.497 e. The van der Waals surface area contributed by atoms with E-state index in [2.05, 4.69) is 4.98 Å². The van der Waals surface area contributed by atoms with Gasteiger partial charge in [0.25, 0.3) is 5.56 Å². The van der Waals surface area contributed by atoms with Gasteiger partial charge in [0.2, 0.25) is 0 Å². The average Bonchev–Trinajstić information content (AvgIpc) is 2.71. The molecule has 0 fully saturated rings. The van der Waals surface area contributed by atoms with Gasteiger partial charge in [-0.1, -0.05) is 0 Å². The van der Waals surface area contributed by atoms with Gasteiger partial charge in [0, 0.05) is 16.5 Å². The average molecular weight is 365 g/mol. The van der Waals surface area contributed by atoms with Crippen LogP contribution < -0.4 is 19.8 Å². The van der Waals surface area contributed by atoms with Crippen LogP contribution in [-0.4, -0.2) is 32.1 Å². The number of ketones is 1. The van der Waals surface area contributed by atoms with Crippen molar-refractivity contribution in [2.75, 3.05) is 21.3 Å². The molecule has 0 unspecified atom stereocenters. The highest BCUT2D eigenvalue weighted by Gasteiger charge is 2.11. The first-order chi connectivity index (χ1) is 13.0. The third kappa shape index (κ3) is 3.84. The minimum Gasteiger partial charge on any atom is -0.497 e. The number of fused-ring (bicyclic) bond motifs is 1. The first-order valence-electron chi connectivity index (χ1n) is 8.21. The number of ether oxygens (including phenoxy) is 3. The van der Waals surface area contributed by atoms with Crippen LogP contribution in [0.15, 0.2) is 53.3 Å². The number of aromatic nitrogens is 1. The van der Waals surface area contributed by atoms with Crippen LogP contribution >= 0.6 is 0 Å². The molecule has 1 heterocycles. The SMILES string of the molecule is COc1ccc(OC)c(C(=O)/C=C/c2cc3cc(OC)ccc3[nH]c2=O)c1. The van der Waals surface area contributed by atoms with Crippen LogP contribution in [0.1, 0.15) is 15.9 Å². The van der Waals surface area contributed by atoms with Gasteiger partial charge in [-0.2, -0.15) is 0 Å². The number of methoxy groups -OCH3 is 3. The number of allylic oxidation sites excluding steroid dienone is 1. The van der Waals surface area contributed by atoms with Gasteiger partial charge in [0.15, 0.2) is 5.78 Å². The van der Waals surface area contributed by atoms with E-state index in [1.807, 2.05) is 6.07 Å². The van der Waals surface area contributed by atoms with Crippen molar-refractivity contribution in [3.8, 4) is 17.2 Å². The third-order valence-electron chi connectivity index (χ3n) is 4.17. The number of benzene rings is 2. The van der Waals surface area contributed by atoms with Crippen molar-refractivity contribution in [1.82, 2.24) is 4.98 Å². The quantitative estimate of drug-likeness (QED) is 0.535. The molecule has 0 atom stereocenters. The molecule has 0 spiro atoms. The van der Waals surface area contributed by atoms with E-state index in [0.29, 0.717) is 33.9 Å². The molecule has 0 aliphatic heterocycles. The highest BCUT2D eigenvalue weighted by molar-refractivity contribution is 6.09. The van der Waals surface area contributed by atoms with Crippen molar-refractivity contribution in [3.05, 3.63) is 70.0 Å². The van der Waals surface area contributed by atoms with E-state index in [1.165, 1.54) is 26.4 Å². The van der Waals surface area contributed by atoms with Gasteiger partial charge in [-0.25, -0.2) is 0 Å². The Morgan fingerprint density at radius 3 is 2.33 bits per heavy atom. The Balaban J connectivity index is 1.97. The summed E-state index contributed by atoms with van der Waals surface area (Å²) in [7, 11) is 4.59. The van der Waals surface area contributed by atoms with Crippen molar-refractivity contribution in [3.63, 3.8) is 0 Å². The molecule has 3 aromatic rings. The normalized spacial score (nSPS) is 10.9. The summed E-state index contributed by atoms with van der Waals surface area (Å²) in [6.07, 6.45) is 2.83. The summed E-state index contributed by atoms with van der Waals surface area (Å²) in [5, 5.41) is 0.806. The van der Waals surface area contributed by atoms with Crippen LogP contribution in [0.2, 0.25) is 0 Å². The minimum atomic E-state index is -0.295. The molecule has 6 heteroatoms. The molecule has 0 aliphatic rings. The van der Waals surface area contributed by atoms with Crippen molar-refractivity contribution in [1.29, 1.82) is 0 Å². The van der Waals surface area contributed by atoms with Crippen molar-refractivity contribution in [2.45, 2.75) is 0 Å². The summed E-state index contributed by atoms with van der Waals surface area (Å²) in [4.78, 5) is 27.6. The molecule has 0 radical (unpaired) electrons. The Morgan fingerprint density at radius 2 is 1.63 bits per heavy atom. The number of rotatable bonds is 6. The fourth-order valence-electron chi connectivity index (χ4n) is 2.71. The standard InChI is InChI=1S/C21H19NO5/c1-25-15-5-7-18-14(11-15)10-13(21(24)22-18)4-8-19(23)17-12-16(26-2)6-9-20(17)27-3/h4-12H,1-3H3,(H,22,24)/b8-4+. The zero-order valence-corrected chi connectivity index (χ0v) is 15.2. The van der Waals surface area contributed by atoms with E-state index in [9.17, 15) is 9.59 Å². The molecule has 0 aliphatic carbocycles. The molecular weight excluding hydrogens is 346 g/mol. The van der Waals surface area contributed by atoms with E-state index in [4.69, 9.17) is 14.2 Å². The van der Waals surface area contributed by atoms with Gasteiger partial charge >= 0.3 is 0 Å². The van der Waals surface area contributed by atoms with E-state index >= 15 is 0 Å². The Hall–Kier alpha value is -3.54. The Morgan fingerprint density at radius 1 is 0.926 bits per heavy atom. The minimum absolute atomic E-state index is 0.283. The molecule has 1 N–H and O–H groups in total. The number of carbonyl (C=O) groups is 1. The van der Waals surface area contributed by atoms with Crippen LogP contribution in [0.3, 0.4) is 0 Å². The summed E-state index contributed by atoms with van der Waals surface area (Å²) in [5.41, 5.74) is 1.13. The topological polar surface area (TPSA) is 77.6 Å². The molecule has 0 saturated carbocycles. The van der Waals surface area contributed by atoms with E-state index < -0.39 is 0 Å². The first-order valence-corrected chi connectivity index (χ1v) is 8.21. The lowest BCUT2D eigenvalue weighted by Gasteiger charge is -2.08. The molecule has 1 aromatic heterocycles. The lowest BCUT2D eigenvalue weighted by Crippen LogP contribution is -2.09. The Labute approximate surface area is 156 Å². The zero-order valence-electron chi connectivity index (χ0n) is 15.2. The maximum absolute atomic E-state index is 12.6. The number of hydrogen-bond donors (Lipinski definition) is 1. The fourth-order valence-corrected chi connectivity index (χ4v) is 2.71. The number of hydrogen-bond acceptors (Lipinski definition) is 5. The van der Waals surface area contributed by atoms with Crippen molar-refractivity contribution >= 4 is 22.8 Å². The van der Waals surface area contributed by atoms with E-state index in [0.717, 1.165) is 5.39 Å². The maximum Gasteiger partial charge on any atom is 0.255 e. The number of H-pyrrole nitrogens is 1. The van der Waals surface area contributed by atoms with E-state index in [-0.39, 0.29) is 11.3 Å². The lowest BCUT2D eigenvalue weighted by atomic mass is 10.1. The second-order valence-corrected chi connectivity index (χ2v) is 5.77. The van der Waals surface area contributed by atoms with Gasteiger partial charge in [-0.3, -0.25) is 9.59 Å². The Bertz CT molecular complexity index is 1080. The predicted molar refractivity (Wildman–Crippen MR) is 104 cm³/mol.